The number of fused-ring (bicyclic) bond motifs is 1. The largest absolute Gasteiger partial charge is 0.446 e. The summed E-state index contributed by atoms with van der Waals surface area (Å²) in [4.78, 5) is 37.0. The summed E-state index contributed by atoms with van der Waals surface area (Å²) in [5.74, 6) is -1.84. The molecule has 0 bridgehead atoms. The Balaban J connectivity index is 2.24. The van der Waals surface area contributed by atoms with Gasteiger partial charge in [0.25, 0.3) is 11.8 Å². The number of ether oxygens (including phenoxy) is 1. The second kappa shape index (κ2) is 5.13. The van der Waals surface area contributed by atoms with Crippen LogP contribution in [0.4, 0.5) is 0 Å². The number of benzene rings is 1. The molecule has 1 aromatic carbocycles. The van der Waals surface area contributed by atoms with Gasteiger partial charge in [-0.1, -0.05) is 12.1 Å². The Hall–Kier alpha value is -2.68. The monoisotopic (exact) mass is 272 g/mol. The van der Waals surface area contributed by atoms with E-state index in [2.05, 4.69) is 0 Å². The predicted molar refractivity (Wildman–Crippen MR) is 67.6 cm³/mol. The van der Waals surface area contributed by atoms with Crippen molar-refractivity contribution >= 4 is 17.8 Å². The Morgan fingerprint density at radius 3 is 2.15 bits per heavy atom. The molecule has 0 radical (unpaired) electrons. The Morgan fingerprint density at radius 2 is 1.70 bits per heavy atom. The standard InChI is InChI=1S/C14H12N2O4/c1-8(7-15)20-14(19)9(2)16-12(17)10-5-3-4-6-11(10)13(16)18/h3-6,8-9H,1-2H3/t8-,9+/m0/s1. The van der Waals surface area contributed by atoms with Crippen molar-refractivity contribution in [3.05, 3.63) is 35.4 Å². The molecule has 0 unspecified atom stereocenters. The van der Waals surface area contributed by atoms with Crippen LogP contribution in [0.25, 0.3) is 0 Å². The topological polar surface area (TPSA) is 87.5 Å². The molecule has 6 heteroatoms. The van der Waals surface area contributed by atoms with Gasteiger partial charge in [-0.15, -0.1) is 0 Å². The van der Waals surface area contributed by atoms with Gasteiger partial charge in [0.05, 0.1) is 11.1 Å². The van der Waals surface area contributed by atoms with Crippen molar-refractivity contribution in [2.75, 3.05) is 0 Å². The molecule has 102 valence electrons. The molecule has 0 aliphatic carbocycles. The Bertz CT molecular complexity index is 597. The molecule has 0 fully saturated rings. The zero-order valence-electron chi connectivity index (χ0n) is 11.0. The molecule has 1 aromatic rings. The summed E-state index contributed by atoms with van der Waals surface area (Å²) >= 11 is 0. The lowest BCUT2D eigenvalue weighted by atomic mass is 10.1. The molecule has 2 rings (SSSR count). The fraction of sp³-hybridized carbons (Fsp3) is 0.286. The van der Waals surface area contributed by atoms with Crippen molar-refractivity contribution in [2.45, 2.75) is 26.0 Å². The van der Waals surface area contributed by atoms with Crippen molar-refractivity contribution in [1.29, 1.82) is 5.26 Å². The molecule has 0 N–H and O–H groups in total. The van der Waals surface area contributed by atoms with E-state index in [1.54, 1.807) is 18.2 Å². The molecule has 1 heterocycles. The van der Waals surface area contributed by atoms with E-state index in [4.69, 9.17) is 10.00 Å². The number of nitrogens with zero attached hydrogens (tertiary/aromatic N) is 2. The number of esters is 1. The maximum absolute atomic E-state index is 12.1. The average molecular weight is 272 g/mol. The smallest absolute Gasteiger partial charge is 0.330 e. The van der Waals surface area contributed by atoms with Crippen LogP contribution in [0.5, 0.6) is 0 Å². The van der Waals surface area contributed by atoms with Gasteiger partial charge in [-0.25, -0.2) is 4.79 Å². The lowest BCUT2D eigenvalue weighted by molar-refractivity contribution is -0.150. The van der Waals surface area contributed by atoms with Crippen LogP contribution in [0.1, 0.15) is 34.6 Å². The highest BCUT2D eigenvalue weighted by molar-refractivity contribution is 6.22. The number of hydrogen-bond acceptors (Lipinski definition) is 5. The summed E-state index contributed by atoms with van der Waals surface area (Å²) in [5, 5.41) is 8.60. The number of imide groups is 1. The summed E-state index contributed by atoms with van der Waals surface area (Å²) in [7, 11) is 0. The first kappa shape index (κ1) is 13.7. The predicted octanol–water partition coefficient (Wildman–Crippen LogP) is 1.13. The maximum atomic E-state index is 12.1. The second-order valence-electron chi connectivity index (χ2n) is 4.41. The summed E-state index contributed by atoms with van der Waals surface area (Å²) in [5.41, 5.74) is 0.538. The third-order valence-electron chi connectivity index (χ3n) is 3.03. The van der Waals surface area contributed by atoms with E-state index in [-0.39, 0.29) is 11.1 Å². The highest BCUT2D eigenvalue weighted by Crippen LogP contribution is 2.24. The van der Waals surface area contributed by atoms with Crippen molar-refractivity contribution < 1.29 is 19.1 Å². The summed E-state index contributed by atoms with van der Waals surface area (Å²) in [6.45, 7) is 2.81. The van der Waals surface area contributed by atoms with Crippen LogP contribution in [0.2, 0.25) is 0 Å². The molecule has 0 saturated heterocycles. The number of rotatable bonds is 3. The van der Waals surface area contributed by atoms with Gasteiger partial charge in [0, 0.05) is 0 Å². The summed E-state index contributed by atoms with van der Waals surface area (Å²) in [6.07, 6.45) is -0.930. The normalized spacial score (nSPS) is 16.4. The fourth-order valence-electron chi connectivity index (χ4n) is 1.96. The van der Waals surface area contributed by atoms with Crippen LogP contribution >= 0.6 is 0 Å². The SMILES string of the molecule is C[C@H](C(=O)O[C@@H](C)C#N)N1C(=O)c2ccccc2C1=O. The number of nitriles is 1. The van der Waals surface area contributed by atoms with Gasteiger partial charge in [0.2, 0.25) is 0 Å². The zero-order chi connectivity index (χ0) is 14.9. The van der Waals surface area contributed by atoms with Crippen molar-refractivity contribution in [3.8, 4) is 6.07 Å². The van der Waals surface area contributed by atoms with Crippen LogP contribution in [-0.4, -0.2) is 34.8 Å². The van der Waals surface area contributed by atoms with Gasteiger partial charge in [-0.3, -0.25) is 14.5 Å². The van der Waals surface area contributed by atoms with E-state index >= 15 is 0 Å². The van der Waals surface area contributed by atoms with Gasteiger partial charge in [0.15, 0.2) is 6.10 Å². The molecule has 1 aliphatic heterocycles. The molecule has 20 heavy (non-hydrogen) atoms. The number of amides is 2. The third kappa shape index (κ3) is 2.14. The molecule has 2 amide bonds. The Kier molecular flexibility index (Phi) is 3.53. The minimum Gasteiger partial charge on any atom is -0.446 e. The molecular weight excluding hydrogens is 260 g/mol. The fourth-order valence-corrected chi connectivity index (χ4v) is 1.96. The van der Waals surface area contributed by atoms with E-state index in [0.29, 0.717) is 0 Å². The van der Waals surface area contributed by atoms with Crippen LogP contribution in [0.3, 0.4) is 0 Å². The first-order valence-electron chi connectivity index (χ1n) is 6.04. The van der Waals surface area contributed by atoms with Crippen molar-refractivity contribution in [3.63, 3.8) is 0 Å². The van der Waals surface area contributed by atoms with Crippen molar-refractivity contribution in [1.82, 2.24) is 4.90 Å². The van der Waals surface area contributed by atoms with E-state index in [9.17, 15) is 14.4 Å². The molecule has 0 saturated carbocycles. The van der Waals surface area contributed by atoms with Gasteiger partial charge in [-0.2, -0.15) is 5.26 Å². The molecule has 0 aromatic heterocycles. The third-order valence-corrected chi connectivity index (χ3v) is 3.03. The molecule has 2 atom stereocenters. The quantitative estimate of drug-likeness (QED) is 0.608. The molecule has 0 spiro atoms. The molecule has 1 aliphatic rings. The van der Waals surface area contributed by atoms with Crippen LogP contribution < -0.4 is 0 Å². The van der Waals surface area contributed by atoms with E-state index in [1.165, 1.54) is 26.0 Å². The lowest BCUT2D eigenvalue weighted by Crippen LogP contribution is -2.44. The highest BCUT2D eigenvalue weighted by Gasteiger charge is 2.41. The van der Waals surface area contributed by atoms with Crippen LogP contribution in [-0.2, 0) is 9.53 Å². The molecule has 6 nitrogen and oxygen atoms in total. The number of hydrogen-bond donors (Lipinski definition) is 0. The van der Waals surface area contributed by atoms with E-state index in [1.807, 2.05) is 0 Å². The van der Waals surface area contributed by atoms with Crippen molar-refractivity contribution in [2.24, 2.45) is 0 Å². The minimum atomic E-state index is -1.07. The summed E-state index contributed by atoms with van der Waals surface area (Å²) < 4.78 is 4.82. The minimum absolute atomic E-state index is 0.269. The first-order chi connectivity index (χ1) is 9.47. The number of carbonyl (C=O) groups excluding carboxylic acids is 3. The van der Waals surface area contributed by atoms with Gasteiger partial charge in [-0.05, 0) is 26.0 Å². The highest BCUT2D eigenvalue weighted by atomic mass is 16.5. The van der Waals surface area contributed by atoms with Gasteiger partial charge in [0.1, 0.15) is 12.1 Å². The Morgan fingerprint density at radius 1 is 1.20 bits per heavy atom. The van der Waals surface area contributed by atoms with Crippen LogP contribution in [0, 0.1) is 11.3 Å². The summed E-state index contributed by atoms with van der Waals surface area (Å²) in [6, 6.07) is 7.04. The molecular formula is C14H12N2O4. The maximum Gasteiger partial charge on any atom is 0.330 e. The van der Waals surface area contributed by atoms with Gasteiger partial charge >= 0.3 is 5.97 Å². The lowest BCUT2D eigenvalue weighted by Gasteiger charge is -2.21. The first-order valence-corrected chi connectivity index (χ1v) is 6.04. The average Bonchev–Trinajstić information content (AvgIpc) is 2.70. The Labute approximate surface area is 115 Å². The van der Waals surface area contributed by atoms with E-state index in [0.717, 1.165) is 4.90 Å². The number of carbonyl (C=O) groups is 3. The second-order valence-corrected chi connectivity index (χ2v) is 4.41. The van der Waals surface area contributed by atoms with Crippen LogP contribution in [0.15, 0.2) is 24.3 Å². The van der Waals surface area contributed by atoms with Gasteiger partial charge < -0.3 is 4.74 Å². The van der Waals surface area contributed by atoms with E-state index < -0.39 is 29.9 Å². The zero-order valence-corrected chi connectivity index (χ0v) is 11.0.